The van der Waals surface area contributed by atoms with Gasteiger partial charge in [0.15, 0.2) is 11.6 Å². The number of para-hydroxylation sites is 1. The Bertz CT molecular complexity index is 383. The van der Waals surface area contributed by atoms with Crippen LogP contribution in [-0.4, -0.2) is 30.5 Å². The fraction of sp³-hybridized carbons (Fsp3) is 0.571. The molecule has 1 aliphatic carbocycles. The van der Waals surface area contributed by atoms with Crippen LogP contribution in [-0.2, 0) is 4.84 Å². The minimum atomic E-state index is -0.735. The second-order valence-electron chi connectivity index (χ2n) is 4.77. The average molecular weight is 269 g/mol. The summed E-state index contributed by atoms with van der Waals surface area (Å²) in [5.74, 6) is -0.275. The first-order valence-electron chi connectivity index (χ1n) is 6.69. The van der Waals surface area contributed by atoms with Crippen LogP contribution < -0.4 is 10.2 Å². The first-order valence-corrected chi connectivity index (χ1v) is 6.69. The number of rotatable bonds is 7. The van der Waals surface area contributed by atoms with Crippen LogP contribution in [0.3, 0.4) is 0 Å². The summed E-state index contributed by atoms with van der Waals surface area (Å²) in [5.41, 5.74) is 2.75. The summed E-state index contributed by atoms with van der Waals surface area (Å²) in [6.45, 7) is 0.299. The van der Waals surface area contributed by atoms with Gasteiger partial charge in [0.2, 0.25) is 0 Å². The minimum absolute atomic E-state index is 0.0297. The predicted molar refractivity (Wildman–Crippen MR) is 69.2 cm³/mol. The molecule has 4 nitrogen and oxygen atoms in total. The molecule has 5 heteroatoms. The predicted octanol–water partition coefficient (Wildman–Crippen LogP) is 2.03. The standard InChI is InChI=1S/C14H20FNO3/c15-13-7-3-4-8-14(13)18-10-11(17)9-16-19-12-5-1-2-6-12/h3-4,7-8,11-12,16-17H,1-2,5-6,9-10H2. The van der Waals surface area contributed by atoms with E-state index in [2.05, 4.69) is 5.48 Å². The van der Waals surface area contributed by atoms with Crippen LogP contribution in [0.15, 0.2) is 24.3 Å². The van der Waals surface area contributed by atoms with E-state index in [1.807, 2.05) is 0 Å². The number of benzene rings is 1. The lowest BCUT2D eigenvalue weighted by Gasteiger charge is -2.15. The number of hydroxylamine groups is 1. The highest BCUT2D eigenvalue weighted by molar-refractivity contribution is 5.23. The molecule has 1 aromatic carbocycles. The Morgan fingerprint density at radius 3 is 2.79 bits per heavy atom. The summed E-state index contributed by atoms with van der Waals surface area (Å²) in [6, 6.07) is 6.13. The second kappa shape index (κ2) is 7.43. The van der Waals surface area contributed by atoms with Gasteiger partial charge in [-0.15, -0.1) is 0 Å². The van der Waals surface area contributed by atoms with Crippen molar-refractivity contribution in [2.45, 2.75) is 37.9 Å². The minimum Gasteiger partial charge on any atom is -0.488 e. The van der Waals surface area contributed by atoms with Crippen LogP contribution in [0.4, 0.5) is 4.39 Å². The number of aliphatic hydroxyl groups excluding tert-OH is 1. The molecule has 0 heterocycles. The average Bonchev–Trinajstić information content (AvgIpc) is 2.91. The SMILES string of the molecule is OC(CNOC1CCCC1)COc1ccccc1F. The fourth-order valence-corrected chi connectivity index (χ4v) is 2.08. The molecule has 0 spiro atoms. The van der Waals surface area contributed by atoms with Gasteiger partial charge in [-0.2, -0.15) is 5.48 Å². The van der Waals surface area contributed by atoms with Gasteiger partial charge in [-0.3, -0.25) is 4.84 Å². The molecule has 1 saturated carbocycles. The molecule has 1 atom stereocenters. The third kappa shape index (κ3) is 4.78. The molecule has 2 rings (SSSR count). The van der Waals surface area contributed by atoms with Crippen molar-refractivity contribution in [1.82, 2.24) is 5.48 Å². The Morgan fingerprint density at radius 1 is 1.32 bits per heavy atom. The molecular formula is C14H20FNO3. The van der Waals surface area contributed by atoms with E-state index in [9.17, 15) is 9.50 Å². The highest BCUT2D eigenvalue weighted by atomic mass is 19.1. The van der Waals surface area contributed by atoms with Gasteiger partial charge < -0.3 is 9.84 Å². The molecule has 0 radical (unpaired) electrons. The largest absolute Gasteiger partial charge is 0.488 e. The number of hydrogen-bond acceptors (Lipinski definition) is 4. The van der Waals surface area contributed by atoms with Crippen LogP contribution in [0.5, 0.6) is 5.75 Å². The van der Waals surface area contributed by atoms with Gasteiger partial charge in [0.05, 0.1) is 12.6 Å². The third-order valence-corrected chi connectivity index (χ3v) is 3.14. The van der Waals surface area contributed by atoms with Gasteiger partial charge in [0, 0.05) is 0 Å². The topological polar surface area (TPSA) is 50.7 Å². The van der Waals surface area contributed by atoms with Crippen molar-refractivity contribution in [3.63, 3.8) is 0 Å². The number of hydrogen-bond donors (Lipinski definition) is 2. The van der Waals surface area contributed by atoms with Crippen LogP contribution in [0, 0.1) is 5.82 Å². The van der Waals surface area contributed by atoms with Crippen molar-refractivity contribution in [2.24, 2.45) is 0 Å². The number of ether oxygens (including phenoxy) is 1. The summed E-state index contributed by atoms with van der Waals surface area (Å²) >= 11 is 0. The Hall–Kier alpha value is -1.17. The molecule has 0 bridgehead atoms. The Morgan fingerprint density at radius 2 is 2.05 bits per heavy atom. The highest BCUT2D eigenvalue weighted by Gasteiger charge is 2.16. The maximum absolute atomic E-state index is 13.2. The molecule has 0 amide bonds. The van der Waals surface area contributed by atoms with E-state index in [0.29, 0.717) is 0 Å². The summed E-state index contributed by atoms with van der Waals surface area (Å²) in [5, 5.41) is 9.69. The molecule has 1 unspecified atom stereocenters. The summed E-state index contributed by atoms with van der Waals surface area (Å²) in [7, 11) is 0. The quantitative estimate of drug-likeness (QED) is 0.744. The first-order chi connectivity index (χ1) is 9.25. The smallest absolute Gasteiger partial charge is 0.165 e. The molecule has 2 N–H and O–H groups in total. The zero-order chi connectivity index (χ0) is 13.5. The van der Waals surface area contributed by atoms with E-state index in [1.54, 1.807) is 12.1 Å². The van der Waals surface area contributed by atoms with Crippen LogP contribution in [0.2, 0.25) is 0 Å². The van der Waals surface area contributed by atoms with Crippen LogP contribution >= 0.6 is 0 Å². The molecule has 1 fully saturated rings. The van der Waals surface area contributed by atoms with Gasteiger partial charge in [-0.25, -0.2) is 4.39 Å². The lowest BCUT2D eigenvalue weighted by Crippen LogP contribution is -2.33. The fourth-order valence-electron chi connectivity index (χ4n) is 2.08. The van der Waals surface area contributed by atoms with Gasteiger partial charge in [0.25, 0.3) is 0 Å². The molecule has 1 aromatic rings. The van der Waals surface area contributed by atoms with Gasteiger partial charge in [-0.05, 0) is 25.0 Å². The van der Waals surface area contributed by atoms with E-state index < -0.39 is 11.9 Å². The molecule has 1 aliphatic rings. The molecular weight excluding hydrogens is 249 g/mol. The van der Waals surface area contributed by atoms with E-state index in [4.69, 9.17) is 9.57 Å². The van der Waals surface area contributed by atoms with Crippen molar-refractivity contribution in [3.05, 3.63) is 30.1 Å². The molecule has 0 aromatic heterocycles. The second-order valence-corrected chi connectivity index (χ2v) is 4.77. The van der Waals surface area contributed by atoms with Crippen molar-refractivity contribution in [1.29, 1.82) is 0 Å². The van der Waals surface area contributed by atoms with E-state index in [-0.39, 0.29) is 25.0 Å². The number of nitrogens with one attached hydrogen (secondary N) is 1. The van der Waals surface area contributed by atoms with Gasteiger partial charge in [-0.1, -0.05) is 25.0 Å². The molecule has 0 aliphatic heterocycles. The number of aliphatic hydroxyl groups is 1. The zero-order valence-electron chi connectivity index (χ0n) is 10.8. The van der Waals surface area contributed by atoms with Crippen LogP contribution in [0.1, 0.15) is 25.7 Å². The normalized spacial score (nSPS) is 17.6. The lowest BCUT2D eigenvalue weighted by molar-refractivity contribution is -0.0418. The van der Waals surface area contributed by atoms with Gasteiger partial charge in [0.1, 0.15) is 12.7 Å². The summed E-state index contributed by atoms with van der Waals surface area (Å²) in [4.78, 5) is 5.41. The van der Waals surface area contributed by atoms with E-state index in [1.165, 1.54) is 25.0 Å². The molecule has 106 valence electrons. The van der Waals surface area contributed by atoms with Crippen LogP contribution in [0.25, 0.3) is 0 Å². The molecule has 0 saturated heterocycles. The Balaban J connectivity index is 1.61. The zero-order valence-corrected chi connectivity index (χ0v) is 10.8. The van der Waals surface area contributed by atoms with E-state index >= 15 is 0 Å². The maximum Gasteiger partial charge on any atom is 0.165 e. The third-order valence-electron chi connectivity index (χ3n) is 3.14. The van der Waals surface area contributed by atoms with Crippen molar-refractivity contribution in [2.75, 3.05) is 13.2 Å². The van der Waals surface area contributed by atoms with Crippen molar-refractivity contribution < 1.29 is 19.1 Å². The highest BCUT2D eigenvalue weighted by Crippen LogP contribution is 2.19. The monoisotopic (exact) mass is 269 g/mol. The van der Waals surface area contributed by atoms with E-state index in [0.717, 1.165) is 12.8 Å². The molecule has 19 heavy (non-hydrogen) atoms. The summed E-state index contributed by atoms with van der Waals surface area (Å²) < 4.78 is 18.5. The Labute approximate surface area is 112 Å². The van der Waals surface area contributed by atoms with Crippen molar-refractivity contribution in [3.8, 4) is 5.75 Å². The van der Waals surface area contributed by atoms with Gasteiger partial charge >= 0.3 is 0 Å². The van der Waals surface area contributed by atoms with Crippen molar-refractivity contribution >= 4 is 0 Å². The first kappa shape index (κ1) is 14.2. The summed E-state index contributed by atoms with van der Waals surface area (Å²) in [6.07, 6.45) is 4.04. The lowest BCUT2D eigenvalue weighted by atomic mass is 10.3. The maximum atomic E-state index is 13.2. The number of halogens is 1. The Kier molecular flexibility index (Phi) is 5.57.